The third kappa shape index (κ3) is 3.80. The van der Waals surface area contributed by atoms with Crippen molar-refractivity contribution in [2.45, 2.75) is 33.6 Å². The van der Waals surface area contributed by atoms with Crippen molar-refractivity contribution in [3.8, 4) is 5.75 Å². The number of ketones is 1. The summed E-state index contributed by atoms with van der Waals surface area (Å²) in [6.45, 7) is 6.43. The lowest BCUT2D eigenvalue weighted by molar-refractivity contribution is 0.0910. The first-order valence-corrected chi connectivity index (χ1v) is 10.2. The van der Waals surface area contributed by atoms with Crippen molar-refractivity contribution >= 4 is 38.4 Å². The number of aromatic amines is 1. The summed E-state index contributed by atoms with van der Waals surface area (Å²) in [6, 6.07) is 6.90. The van der Waals surface area contributed by atoms with Gasteiger partial charge in [-0.1, -0.05) is 25.2 Å². The smallest absolute Gasteiger partial charge is 0.263 e. The largest absolute Gasteiger partial charge is 0.494 e. The topological polar surface area (TPSA) is 101 Å². The minimum Gasteiger partial charge on any atom is -0.494 e. The Morgan fingerprint density at radius 3 is 2.83 bits per heavy atom. The number of nitrogens with one attached hydrogen (secondary N) is 2. The Bertz CT molecular complexity index is 1190. The lowest BCUT2D eigenvalue weighted by Gasteiger charge is -2.29. The van der Waals surface area contributed by atoms with Gasteiger partial charge in [0.2, 0.25) is 0 Å². The highest BCUT2D eigenvalue weighted by molar-refractivity contribution is 7.22. The highest BCUT2D eigenvalue weighted by Gasteiger charge is 2.32. The zero-order chi connectivity index (χ0) is 20.8. The molecule has 0 unspecified atom stereocenters. The van der Waals surface area contributed by atoms with Crippen LogP contribution in [-0.2, 0) is 6.42 Å². The number of hydrogen-bond donors (Lipinski definition) is 2. The van der Waals surface area contributed by atoms with Crippen LogP contribution >= 0.6 is 11.3 Å². The van der Waals surface area contributed by atoms with E-state index in [-0.39, 0.29) is 16.8 Å². The number of aromatic nitrogens is 2. The zero-order valence-corrected chi connectivity index (χ0v) is 17.2. The van der Waals surface area contributed by atoms with Crippen LogP contribution < -0.4 is 15.6 Å². The number of Topliss-reactive ketones (excluding diaryl/α,β-unsaturated/α-hetero) is 1. The van der Waals surface area contributed by atoms with Gasteiger partial charge in [0, 0.05) is 17.7 Å². The number of ether oxygens (including phenoxy) is 1. The second kappa shape index (κ2) is 7.11. The highest BCUT2D eigenvalue weighted by Crippen LogP contribution is 2.33. The fraction of sp³-hybridized carbons (Fsp3) is 0.333. The van der Waals surface area contributed by atoms with Crippen molar-refractivity contribution in [1.82, 2.24) is 9.97 Å². The number of carbonyl (C=O) groups excluding carboxylic acids is 2. The van der Waals surface area contributed by atoms with Crippen LogP contribution in [0.1, 0.15) is 53.6 Å². The van der Waals surface area contributed by atoms with E-state index in [2.05, 4.69) is 15.3 Å². The van der Waals surface area contributed by atoms with Gasteiger partial charge in [-0.2, -0.15) is 0 Å². The van der Waals surface area contributed by atoms with E-state index >= 15 is 0 Å². The molecule has 1 aromatic carbocycles. The molecule has 7 nitrogen and oxygen atoms in total. The Hall–Kier alpha value is -3.00. The summed E-state index contributed by atoms with van der Waals surface area (Å²) in [4.78, 5) is 44.7. The third-order valence-electron chi connectivity index (χ3n) is 4.85. The number of carbonyl (C=O) groups is 2. The van der Waals surface area contributed by atoms with E-state index in [9.17, 15) is 14.4 Å². The molecule has 2 heterocycles. The van der Waals surface area contributed by atoms with Crippen LogP contribution in [0.5, 0.6) is 5.75 Å². The molecule has 8 heteroatoms. The number of pyridine rings is 1. The molecule has 1 aliphatic rings. The van der Waals surface area contributed by atoms with E-state index in [1.807, 2.05) is 39.0 Å². The predicted molar refractivity (Wildman–Crippen MR) is 112 cm³/mol. The number of nitrogens with zero attached hydrogens (tertiary/aromatic N) is 1. The monoisotopic (exact) mass is 411 g/mol. The van der Waals surface area contributed by atoms with Crippen LogP contribution in [0, 0.1) is 5.41 Å². The minimum absolute atomic E-state index is 0.0648. The quantitative estimate of drug-likeness (QED) is 0.680. The molecular weight excluding hydrogens is 390 g/mol. The van der Waals surface area contributed by atoms with Gasteiger partial charge in [-0.25, -0.2) is 4.98 Å². The van der Waals surface area contributed by atoms with Gasteiger partial charge in [0.25, 0.3) is 11.5 Å². The van der Waals surface area contributed by atoms with Crippen molar-refractivity contribution < 1.29 is 14.3 Å². The van der Waals surface area contributed by atoms with Gasteiger partial charge >= 0.3 is 0 Å². The van der Waals surface area contributed by atoms with Crippen LogP contribution in [-0.4, -0.2) is 28.3 Å². The molecule has 1 amide bonds. The first-order valence-electron chi connectivity index (χ1n) is 9.40. The second-order valence-electron chi connectivity index (χ2n) is 7.88. The van der Waals surface area contributed by atoms with Crippen LogP contribution in [0.25, 0.3) is 10.2 Å². The molecule has 0 saturated heterocycles. The molecule has 4 rings (SSSR count). The van der Waals surface area contributed by atoms with E-state index in [0.717, 1.165) is 16.0 Å². The van der Waals surface area contributed by atoms with Gasteiger partial charge in [-0.05, 0) is 43.0 Å². The third-order valence-corrected chi connectivity index (χ3v) is 5.79. The van der Waals surface area contributed by atoms with E-state index in [4.69, 9.17) is 4.74 Å². The van der Waals surface area contributed by atoms with Crippen LogP contribution in [0.3, 0.4) is 0 Å². The van der Waals surface area contributed by atoms with Crippen molar-refractivity contribution in [3.63, 3.8) is 0 Å². The molecule has 29 heavy (non-hydrogen) atoms. The molecule has 0 radical (unpaired) electrons. The molecule has 0 fully saturated rings. The summed E-state index contributed by atoms with van der Waals surface area (Å²) in [5.41, 5.74) is 0.928. The summed E-state index contributed by atoms with van der Waals surface area (Å²) in [6.07, 6.45) is 0.971. The molecule has 0 bridgehead atoms. The molecule has 3 aromatic rings. The van der Waals surface area contributed by atoms with E-state index in [1.165, 1.54) is 17.4 Å². The maximum absolute atomic E-state index is 12.7. The van der Waals surface area contributed by atoms with Crippen molar-refractivity contribution in [2.75, 3.05) is 11.9 Å². The Labute approximate surface area is 171 Å². The fourth-order valence-corrected chi connectivity index (χ4v) is 4.47. The van der Waals surface area contributed by atoms with Gasteiger partial charge in [0.15, 0.2) is 10.9 Å². The lowest BCUT2D eigenvalue weighted by Crippen LogP contribution is -2.32. The molecule has 2 aromatic heterocycles. The molecular formula is C21H21N3O4S. The lowest BCUT2D eigenvalue weighted by atomic mass is 9.75. The number of rotatable bonds is 4. The molecule has 150 valence electrons. The summed E-state index contributed by atoms with van der Waals surface area (Å²) in [7, 11) is 0. The van der Waals surface area contributed by atoms with Gasteiger partial charge < -0.3 is 9.72 Å². The first kappa shape index (κ1) is 19.3. The van der Waals surface area contributed by atoms with Crippen molar-refractivity contribution in [2.24, 2.45) is 5.41 Å². The van der Waals surface area contributed by atoms with Gasteiger partial charge in [0.05, 0.1) is 16.8 Å². The Balaban J connectivity index is 1.62. The number of fused-ring (bicyclic) bond motifs is 2. The summed E-state index contributed by atoms with van der Waals surface area (Å²) in [5.74, 6) is 0.0786. The standard InChI is InChI=1S/C21H21N3O4S/c1-4-28-11-5-6-14-17(7-11)29-20(23-14)24-19(27)13-8-12-15(22-18(13)26)9-21(2,3)10-16(12)25/h5-8H,4,9-10H2,1-3H3,(H,22,26)(H,23,24,27). The van der Waals surface area contributed by atoms with Crippen molar-refractivity contribution in [1.29, 1.82) is 0 Å². The number of amides is 1. The molecule has 0 spiro atoms. The fourth-order valence-electron chi connectivity index (χ4n) is 3.58. The maximum atomic E-state index is 12.7. The van der Waals surface area contributed by atoms with E-state index < -0.39 is 11.5 Å². The van der Waals surface area contributed by atoms with Gasteiger partial charge in [0.1, 0.15) is 11.3 Å². The number of benzene rings is 1. The molecule has 2 N–H and O–H groups in total. The predicted octanol–water partition coefficient (Wildman–Crippen LogP) is 3.79. The average molecular weight is 411 g/mol. The molecule has 0 saturated carbocycles. The minimum atomic E-state index is -0.587. The average Bonchev–Trinajstić information content (AvgIpc) is 3.01. The molecule has 0 atom stereocenters. The summed E-state index contributed by atoms with van der Waals surface area (Å²) in [5, 5.41) is 3.05. The summed E-state index contributed by atoms with van der Waals surface area (Å²) < 4.78 is 6.34. The van der Waals surface area contributed by atoms with Crippen LogP contribution in [0.4, 0.5) is 5.13 Å². The highest BCUT2D eigenvalue weighted by atomic mass is 32.1. The number of thiazole rings is 1. The zero-order valence-electron chi connectivity index (χ0n) is 16.4. The maximum Gasteiger partial charge on any atom is 0.263 e. The van der Waals surface area contributed by atoms with Crippen LogP contribution in [0.15, 0.2) is 29.1 Å². The van der Waals surface area contributed by atoms with Crippen molar-refractivity contribution in [3.05, 3.63) is 51.4 Å². The number of H-pyrrole nitrogens is 1. The van der Waals surface area contributed by atoms with E-state index in [1.54, 1.807) is 0 Å². The molecule has 1 aliphatic carbocycles. The molecule has 0 aliphatic heterocycles. The Morgan fingerprint density at radius 1 is 1.28 bits per heavy atom. The van der Waals surface area contributed by atoms with E-state index in [0.29, 0.717) is 35.8 Å². The Morgan fingerprint density at radius 2 is 2.07 bits per heavy atom. The summed E-state index contributed by atoms with van der Waals surface area (Å²) >= 11 is 1.29. The number of hydrogen-bond acceptors (Lipinski definition) is 6. The number of anilines is 1. The van der Waals surface area contributed by atoms with Gasteiger partial charge in [-0.3, -0.25) is 19.7 Å². The second-order valence-corrected chi connectivity index (χ2v) is 8.91. The SMILES string of the molecule is CCOc1ccc2nc(NC(=O)c3cc4c([nH]c3=O)CC(C)(C)CC4=O)sc2c1. The van der Waals surface area contributed by atoms with Gasteiger partial charge in [-0.15, -0.1) is 0 Å². The first-order chi connectivity index (χ1) is 13.8. The van der Waals surface area contributed by atoms with Crippen LogP contribution in [0.2, 0.25) is 0 Å². The Kier molecular flexibility index (Phi) is 4.74. The normalized spacial score (nSPS) is 15.2.